The molecule has 7 heteroatoms. The summed E-state index contributed by atoms with van der Waals surface area (Å²) < 4.78 is 49.6. The number of rotatable bonds is 8. The Morgan fingerprint density at radius 1 is 1.05 bits per heavy atom. The first-order valence-electron chi connectivity index (χ1n) is 5.76. The lowest BCUT2D eigenvalue weighted by molar-refractivity contribution is 0.202. The molecule has 0 aromatic heterocycles. The smallest absolute Gasteiger partial charge is 0.302 e. The molecular formula is C12H18F3NO2S. The van der Waals surface area contributed by atoms with Crippen LogP contribution in [0.4, 0.5) is 17.3 Å². The summed E-state index contributed by atoms with van der Waals surface area (Å²) in [7, 11) is 2.92. The van der Waals surface area contributed by atoms with Crippen LogP contribution in [-0.2, 0) is 15.9 Å². The molecule has 0 unspecified atom stereocenters. The van der Waals surface area contributed by atoms with Crippen molar-refractivity contribution in [3.05, 3.63) is 29.8 Å². The maximum atomic E-state index is 13.2. The third-order valence-corrected chi connectivity index (χ3v) is 3.46. The molecule has 0 saturated heterocycles. The van der Waals surface area contributed by atoms with Gasteiger partial charge in [-0.05, 0) is 18.1 Å². The minimum atomic E-state index is -5.33. The van der Waals surface area contributed by atoms with E-state index in [1.807, 2.05) is 0 Å². The average molecular weight is 297 g/mol. The normalized spacial score (nSPS) is 12.5. The van der Waals surface area contributed by atoms with Gasteiger partial charge >= 0.3 is 11.4 Å². The highest BCUT2D eigenvalue weighted by Gasteiger charge is 2.32. The van der Waals surface area contributed by atoms with Gasteiger partial charge in [0.1, 0.15) is 0 Å². The van der Waals surface area contributed by atoms with Gasteiger partial charge in [0.15, 0.2) is 0 Å². The zero-order valence-corrected chi connectivity index (χ0v) is 11.8. The number of ether oxygens (including phenoxy) is 2. The van der Waals surface area contributed by atoms with Crippen LogP contribution < -0.4 is 4.31 Å². The fraction of sp³-hybridized carbons (Fsp3) is 0.500. The molecule has 1 aromatic rings. The van der Waals surface area contributed by atoms with Crippen molar-refractivity contribution in [3.8, 4) is 0 Å². The molecule has 1 rings (SSSR count). The summed E-state index contributed by atoms with van der Waals surface area (Å²) in [6, 6.07) is 6.52. The molecule has 0 heterocycles. The van der Waals surface area contributed by atoms with Gasteiger partial charge < -0.3 is 9.47 Å². The summed E-state index contributed by atoms with van der Waals surface area (Å²) in [4.78, 5) is 0. The van der Waals surface area contributed by atoms with Crippen molar-refractivity contribution in [1.82, 2.24) is 0 Å². The first kappa shape index (κ1) is 16.1. The summed E-state index contributed by atoms with van der Waals surface area (Å²) in [5.41, 5.74) is 0.823. The summed E-state index contributed by atoms with van der Waals surface area (Å²) >= 11 is -5.33. The fourth-order valence-corrected chi connectivity index (χ4v) is 2.37. The zero-order valence-electron chi connectivity index (χ0n) is 10.9. The molecule has 0 amide bonds. The van der Waals surface area contributed by atoms with Crippen molar-refractivity contribution in [2.75, 3.05) is 38.3 Å². The molecule has 0 aliphatic heterocycles. The first-order valence-corrected chi connectivity index (χ1v) is 7.05. The number of methoxy groups -OCH3 is 2. The lowest BCUT2D eigenvalue weighted by Crippen LogP contribution is -2.26. The molecule has 0 spiro atoms. The van der Waals surface area contributed by atoms with Crippen LogP contribution in [-0.4, -0.2) is 34.0 Å². The number of hydrogen-bond donors (Lipinski definition) is 0. The van der Waals surface area contributed by atoms with Crippen molar-refractivity contribution in [2.24, 2.45) is 0 Å². The minimum absolute atomic E-state index is 0.0329. The second kappa shape index (κ2) is 7.62. The van der Waals surface area contributed by atoms with Crippen LogP contribution in [0.1, 0.15) is 5.56 Å². The molecule has 0 fully saturated rings. The van der Waals surface area contributed by atoms with Gasteiger partial charge in [-0.2, -0.15) is 0 Å². The Morgan fingerprint density at radius 3 is 2.26 bits per heavy atom. The van der Waals surface area contributed by atoms with Crippen molar-refractivity contribution < 1.29 is 21.1 Å². The second-order valence-electron chi connectivity index (χ2n) is 3.85. The predicted molar refractivity (Wildman–Crippen MR) is 72.2 cm³/mol. The topological polar surface area (TPSA) is 21.7 Å². The van der Waals surface area contributed by atoms with Crippen LogP contribution in [0.15, 0.2) is 24.3 Å². The van der Waals surface area contributed by atoms with Crippen molar-refractivity contribution >= 4 is 17.1 Å². The third-order valence-electron chi connectivity index (χ3n) is 2.58. The van der Waals surface area contributed by atoms with Gasteiger partial charge in [0.25, 0.3) is 0 Å². The monoisotopic (exact) mass is 297 g/mol. The summed E-state index contributed by atoms with van der Waals surface area (Å²) in [6.45, 7) is 0.229. The van der Waals surface area contributed by atoms with E-state index in [-0.39, 0.29) is 18.8 Å². The van der Waals surface area contributed by atoms with Crippen LogP contribution >= 0.6 is 11.4 Å². The number of anilines is 1. The second-order valence-corrected chi connectivity index (χ2v) is 5.05. The Morgan fingerprint density at radius 2 is 1.68 bits per heavy atom. The molecule has 0 aliphatic rings. The number of hydrogen-bond acceptors (Lipinski definition) is 3. The van der Waals surface area contributed by atoms with E-state index in [0.29, 0.717) is 22.9 Å². The van der Waals surface area contributed by atoms with Crippen LogP contribution in [0.5, 0.6) is 0 Å². The van der Waals surface area contributed by atoms with Crippen LogP contribution in [0.2, 0.25) is 0 Å². The average Bonchev–Trinajstić information content (AvgIpc) is 2.36. The van der Waals surface area contributed by atoms with Gasteiger partial charge in [-0.15, -0.1) is 11.7 Å². The Bertz CT molecular complexity index is 387. The zero-order chi connectivity index (χ0) is 14.3. The van der Waals surface area contributed by atoms with E-state index in [0.717, 1.165) is 0 Å². The lowest BCUT2D eigenvalue weighted by Gasteiger charge is -2.30. The maximum absolute atomic E-state index is 13.2. The van der Waals surface area contributed by atoms with Gasteiger partial charge in [0, 0.05) is 14.2 Å². The molecule has 0 N–H and O–H groups in total. The summed E-state index contributed by atoms with van der Waals surface area (Å²) in [6.07, 6.45) is 0.450. The van der Waals surface area contributed by atoms with Crippen LogP contribution in [0.3, 0.4) is 0 Å². The Hall–Kier alpha value is -0.920. The standard InChI is InChI=1S/C12H18F3NO2S/c1-17-9-7-11-5-3-4-6-12(11)16(8-10-18-2)19(13,14)15/h3-6H,7-10H2,1-2H3. The lowest BCUT2D eigenvalue weighted by atomic mass is 10.1. The summed E-state index contributed by atoms with van der Waals surface area (Å²) in [5.74, 6) is 0. The van der Waals surface area contributed by atoms with Crippen LogP contribution in [0, 0.1) is 0 Å². The highest BCUT2D eigenvalue weighted by molar-refractivity contribution is 8.22. The number of benzene rings is 1. The van der Waals surface area contributed by atoms with Gasteiger partial charge in [-0.25, -0.2) is 0 Å². The minimum Gasteiger partial charge on any atom is -0.384 e. The van der Waals surface area contributed by atoms with Gasteiger partial charge in [-0.3, -0.25) is 4.31 Å². The first-order chi connectivity index (χ1) is 9.00. The van der Waals surface area contributed by atoms with E-state index in [4.69, 9.17) is 9.47 Å². The molecule has 0 aliphatic carbocycles. The molecule has 19 heavy (non-hydrogen) atoms. The van der Waals surface area contributed by atoms with E-state index >= 15 is 0 Å². The Labute approximate surface area is 113 Å². The van der Waals surface area contributed by atoms with Crippen LogP contribution in [0.25, 0.3) is 0 Å². The highest BCUT2D eigenvalue weighted by atomic mass is 32.3. The number of halogens is 3. The van der Waals surface area contributed by atoms with Gasteiger partial charge in [-0.1, -0.05) is 18.2 Å². The SMILES string of the molecule is COCCc1ccccc1N(CCOC)S(F)(F)F. The molecule has 3 nitrogen and oxygen atoms in total. The third kappa shape index (κ3) is 4.93. The van der Waals surface area contributed by atoms with Gasteiger partial charge in [0.05, 0.1) is 25.4 Å². The quantitative estimate of drug-likeness (QED) is 0.730. The van der Waals surface area contributed by atoms with E-state index in [1.54, 1.807) is 18.2 Å². The molecule has 0 saturated carbocycles. The molecule has 0 atom stereocenters. The molecule has 110 valence electrons. The molecule has 0 radical (unpaired) electrons. The fourth-order valence-electron chi connectivity index (χ4n) is 1.69. The molecular weight excluding hydrogens is 279 g/mol. The molecule has 1 aromatic carbocycles. The maximum Gasteiger partial charge on any atom is 0.302 e. The van der Waals surface area contributed by atoms with E-state index in [2.05, 4.69) is 0 Å². The van der Waals surface area contributed by atoms with E-state index < -0.39 is 11.4 Å². The Balaban J connectivity index is 3.00. The summed E-state index contributed by atoms with van der Waals surface area (Å²) in [5, 5.41) is 0. The predicted octanol–water partition coefficient (Wildman–Crippen LogP) is 3.70. The van der Waals surface area contributed by atoms with Crippen molar-refractivity contribution in [3.63, 3.8) is 0 Å². The van der Waals surface area contributed by atoms with Gasteiger partial charge in [0.2, 0.25) is 0 Å². The Kier molecular flexibility index (Phi) is 6.47. The largest absolute Gasteiger partial charge is 0.384 e. The highest BCUT2D eigenvalue weighted by Crippen LogP contribution is 2.58. The van der Waals surface area contributed by atoms with Crippen molar-refractivity contribution in [1.29, 1.82) is 0 Å². The number of para-hydroxylation sites is 1. The molecule has 0 bridgehead atoms. The van der Waals surface area contributed by atoms with E-state index in [9.17, 15) is 11.7 Å². The van der Waals surface area contributed by atoms with Crippen molar-refractivity contribution in [2.45, 2.75) is 6.42 Å². The number of nitrogens with zero attached hydrogens (tertiary/aromatic N) is 1. The van der Waals surface area contributed by atoms with E-state index in [1.165, 1.54) is 20.3 Å².